The fourth-order valence-electron chi connectivity index (χ4n) is 3.90. The third-order valence-electron chi connectivity index (χ3n) is 5.72. The van der Waals surface area contributed by atoms with Gasteiger partial charge in [-0.25, -0.2) is 9.78 Å². The highest BCUT2D eigenvalue weighted by atomic mass is 32.1. The Morgan fingerprint density at radius 1 is 1.22 bits per heavy atom. The Labute approximate surface area is 189 Å². The van der Waals surface area contributed by atoms with Gasteiger partial charge in [-0.05, 0) is 36.8 Å². The van der Waals surface area contributed by atoms with Gasteiger partial charge in [0.1, 0.15) is 10.3 Å². The summed E-state index contributed by atoms with van der Waals surface area (Å²) in [4.78, 5) is 47.6. The molecular weight excluding hydrogens is 428 g/mol. The minimum Gasteiger partial charge on any atom is -0.359 e. The van der Waals surface area contributed by atoms with Gasteiger partial charge in [0, 0.05) is 39.1 Å². The highest BCUT2D eigenvalue weighted by molar-refractivity contribution is 7.71. The second kappa shape index (κ2) is 8.54. The van der Waals surface area contributed by atoms with Gasteiger partial charge in [-0.1, -0.05) is 18.3 Å². The summed E-state index contributed by atoms with van der Waals surface area (Å²) in [6.07, 6.45) is 0. The molecule has 2 aromatic heterocycles. The summed E-state index contributed by atoms with van der Waals surface area (Å²) < 4.78 is 1.88. The molecule has 3 heterocycles. The van der Waals surface area contributed by atoms with Crippen LogP contribution in [0.4, 0.5) is 5.69 Å². The van der Waals surface area contributed by atoms with Crippen LogP contribution in [0, 0.1) is 11.6 Å². The standard InChI is InChI=1S/C22H24N6O3S/c1-13-18(7-6-16(24-13)20(30)23-2)27-8-9-28(19(29)12-27)11-14-4-5-15-17(10-14)25-22(31)26(3)21(15)32/h4-7,10H,8-9,11-12H2,1-3H3,(H,23,30)(H,25,31). The van der Waals surface area contributed by atoms with Crippen LogP contribution in [0.5, 0.6) is 0 Å². The van der Waals surface area contributed by atoms with Crippen molar-refractivity contribution >= 4 is 40.6 Å². The van der Waals surface area contributed by atoms with Gasteiger partial charge in [-0.15, -0.1) is 0 Å². The number of pyridine rings is 1. The first kappa shape index (κ1) is 21.7. The Hall–Kier alpha value is -3.53. The first-order chi connectivity index (χ1) is 15.3. The van der Waals surface area contributed by atoms with Crippen molar-refractivity contribution in [2.75, 3.05) is 31.6 Å². The van der Waals surface area contributed by atoms with Crippen LogP contribution >= 0.6 is 12.2 Å². The van der Waals surface area contributed by atoms with E-state index in [1.165, 1.54) is 4.57 Å². The molecule has 0 radical (unpaired) electrons. The summed E-state index contributed by atoms with van der Waals surface area (Å²) in [5.41, 5.74) is 3.23. The van der Waals surface area contributed by atoms with Crippen molar-refractivity contribution in [3.8, 4) is 0 Å². The number of aromatic nitrogens is 3. The number of hydrogen-bond donors (Lipinski definition) is 2. The van der Waals surface area contributed by atoms with Gasteiger partial charge in [0.15, 0.2) is 0 Å². The maximum absolute atomic E-state index is 12.9. The lowest BCUT2D eigenvalue weighted by Gasteiger charge is -2.36. The molecular formula is C22H24N6O3S. The molecule has 4 rings (SSSR count). The van der Waals surface area contributed by atoms with Crippen molar-refractivity contribution in [1.82, 2.24) is 24.8 Å². The lowest BCUT2D eigenvalue weighted by molar-refractivity contribution is -0.131. The third-order valence-corrected chi connectivity index (χ3v) is 6.21. The minimum absolute atomic E-state index is 0.00281. The van der Waals surface area contributed by atoms with Crippen molar-refractivity contribution in [3.63, 3.8) is 0 Å². The number of aryl methyl sites for hydroxylation is 1. The van der Waals surface area contributed by atoms with Crippen LogP contribution in [-0.2, 0) is 18.4 Å². The summed E-state index contributed by atoms with van der Waals surface area (Å²) in [7, 11) is 3.20. The number of amides is 2. The summed E-state index contributed by atoms with van der Waals surface area (Å²) in [6, 6.07) is 9.19. The van der Waals surface area contributed by atoms with Gasteiger partial charge in [0.05, 0.1) is 23.4 Å². The lowest BCUT2D eigenvalue weighted by atomic mass is 10.1. The summed E-state index contributed by atoms with van der Waals surface area (Å²) in [5, 5.41) is 3.36. The number of fused-ring (bicyclic) bond motifs is 1. The Bertz CT molecular complexity index is 1350. The van der Waals surface area contributed by atoms with E-state index in [1.807, 2.05) is 36.1 Å². The number of nitrogens with one attached hydrogen (secondary N) is 2. The van der Waals surface area contributed by atoms with E-state index in [0.29, 0.717) is 41.2 Å². The molecule has 10 heteroatoms. The van der Waals surface area contributed by atoms with E-state index < -0.39 is 0 Å². The normalized spacial score (nSPS) is 14.2. The Kier molecular flexibility index (Phi) is 5.79. The molecule has 0 saturated carbocycles. The topological polar surface area (TPSA) is 103 Å². The van der Waals surface area contributed by atoms with Gasteiger partial charge in [-0.3, -0.25) is 14.2 Å². The minimum atomic E-state index is -0.268. The number of piperazine rings is 1. The number of hydrogen-bond acceptors (Lipinski definition) is 6. The number of rotatable bonds is 4. The average molecular weight is 453 g/mol. The van der Waals surface area contributed by atoms with E-state index in [9.17, 15) is 14.4 Å². The van der Waals surface area contributed by atoms with Crippen LogP contribution < -0.4 is 15.9 Å². The second-order valence-corrected chi connectivity index (χ2v) is 8.18. The molecule has 1 aromatic carbocycles. The molecule has 0 atom stereocenters. The predicted molar refractivity (Wildman–Crippen MR) is 124 cm³/mol. The number of carbonyl (C=O) groups excluding carboxylic acids is 2. The molecule has 3 aromatic rings. The molecule has 2 amide bonds. The van der Waals surface area contributed by atoms with Crippen LogP contribution in [0.2, 0.25) is 0 Å². The monoisotopic (exact) mass is 452 g/mol. The molecule has 0 unspecified atom stereocenters. The van der Waals surface area contributed by atoms with E-state index in [2.05, 4.69) is 15.3 Å². The highest BCUT2D eigenvalue weighted by Gasteiger charge is 2.25. The molecule has 0 spiro atoms. The van der Waals surface area contributed by atoms with Crippen LogP contribution in [-0.4, -0.2) is 57.9 Å². The number of H-pyrrole nitrogens is 1. The Balaban J connectivity index is 1.49. The first-order valence-electron chi connectivity index (χ1n) is 10.2. The Morgan fingerprint density at radius 3 is 2.69 bits per heavy atom. The van der Waals surface area contributed by atoms with Gasteiger partial charge in [0.2, 0.25) is 5.91 Å². The van der Waals surface area contributed by atoms with Crippen LogP contribution in [0.15, 0.2) is 35.1 Å². The number of anilines is 1. The predicted octanol–water partition coefficient (Wildman–Crippen LogP) is 1.51. The molecule has 2 N–H and O–H groups in total. The van der Waals surface area contributed by atoms with E-state index in [4.69, 9.17) is 12.2 Å². The number of aromatic amines is 1. The van der Waals surface area contributed by atoms with Crippen LogP contribution in [0.3, 0.4) is 0 Å². The van der Waals surface area contributed by atoms with E-state index in [1.54, 1.807) is 25.1 Å². The third kappa shape index (κ3) is 4.01. The van der Waals surface area contributed by atoms with Crippen molar-refractivity contribution in [1.29, 1.82) is 0 Å². The molecule has 1 saturated heterocycles. The van der Waals surface area contributed by atoms with E-state index in [-0.39, 0.29) is 24.0 Å². The van der Waals surface area contributed by atoms with Crippen molar-refractivity contribution < 1.29 is 9.59 Å². The molecule has 32 heavy (non-hydrogen) atoms. The maximum Gasteiger partial charge on any atom is 0.326 e. The Morgan fingerprint density at radius 2 is 2.00 bits per heavy atom. The largest absolute Gasteiger partial charge is 0.359 e. The smallest absolute Gasteiger partial charge is 0.326 e. The van der Waals surface area contributed by atoms with Gasteiger partial charge >= 0.3 is 5.69 Å². The zero-order valence-electron chi connectivity index (χ0n) is 18.1. The zero-order valence-corrected chi connectivity index (χ0v) is 19.0. The van der Waals surface area contributed by atoms with Crippen molar-refractivity contribution in [2.24, 2.45) is 7.05 Å². The molecule has 166 valence electrons. The molecule has 9 nitrogen and oxygen atoms in total. The van der Waals surface area contributed by atoms with Crippen LogP contribution in [0.1, 0.15) is 21.7 Å². The SMILES string of the molecule is CNC(=O)c1ccc(N2CCN(Cc3ccc4c(=S)n(C)c(=O)[nH]c4c3)C(=O)C2)c(C)n1. The van der Waals surface area contributed by atoms with Crippen molar-refractivity contribution in [3.05, 3.63) is 62.4 Å². The van der Waals surface area contributed by atoms with Gasteiger partial charge < -0.3 is 20.1 Å². The maximum atomic E-state index is 12.9. The average Bonchev–Trinajstić information content (AvgIpc) is 2.78. The highest BCUT2D eigenvalue weighted by Crippen LogP contribution is 2.22. The number of benzene rings is 1. The number of nitrogens with zero attached hydrogens (tertiary/aromatic N) is 4. The summed E-state index contributed by atoms with van der Waals surface area (Å²) in [5.74, 6) is -0.239. The van der Waals surface area contributed by atoms with Crippen LogP contribution in [0.25, 0.3) is 10.9 Å². The van der Waals surface area contributed by atoms with E-state index in [0.717, 1.165) is 16.6 Å². The summed E-state index contributed by atoms with van der Waals surface area (Å²) in [6.45, 7) is 3.73. The molecule has 0 aliphatic carbocycles. The lowest BCUT2D eigenvalue weighted by Crippen LogP contribution is -2.50. The molecule has 1 aliphatic rings. The summed E-state index contributed by atoms with van der Waals surface area (Å²) >= 11 is 5.35. The molecule has 1 fully saturated rings. The zero-order chi connectivity index (χ0) is 23.0. The fourth-order valence-corrected chi connectivity index (χ4v) is 4.16. The van der Waals surface area contributed by atoms with Gasteiger partial charge in [0.25, 0.3) is 5.91 Å². The van der Waals surface area contributed by atoms with E-state index >= 15 is 0 Å². The molecule has 1 aliphatic heterocycles. The van der Waals surface area contributed by atoms with Gasteiger partial charge in [-0.2, -0.15) is 0 Å². The molecule has 0 bridgehead atoms. The second-order valence-electron chi connectivity index (χ2n) is 7.79. The van der Waals surface area contributed by atoms with Crippen molar-refractivity contribution in [2.45, 2.75) is 13.5 Å². The quantitative estimate of drug-likeness (QED) is 0.582. The first-order valence-corrected chi connectivity index (χ1v) is 10.6. The fraction of sp³-hybridized carbons (Fsp3) is 0.318. The number of carbonyl (C=O) groups is 2.